The van der Waals surface area contributed by atoms with E-state index in [-0.39, 0.29) is 44.2 Å². The number of likely N-dealkylation sites (N-methyl/N-ethyl adjacent to an activating group) is 1. The van der Waals surface area contributed by atoms with Gasteiger partial charge in [-0.15, -0.1) is 0 Å². The number of hydrogen-bond donors (Lipinski definition) is 1. The van der Waals surface area contributed by atoms with Gasteiger partial charge in [0.2, 0.25) is 5.91 Å². The van der Waals surface area contributed by atoms with Crippen LogP contribution in [-0.4, -0.2) is 72.7 Å². The Bertz CT molecular complexity index is 1110. The fourth-order valence-electron chi connectivity index (χ4n) is 4.26. The van der Waals surface area contributed by atoms with Crippen molar-refractivity contribution in [1.82, 2.24) is 14.7 Å². The van der Waals surface area contributed by atoms with Crippen molar-refractivity contribution in [2.24, 2.45) is 0 Å². The standard InChI is InChI=1S/C26H31F5N4O2/c1-25(27,28)24(37)35-12-11-20-18(16-35)8-6-10-22(20)32-15-23(36)34(14-13-33(2)3)17-19-7-4-5-9-21(19)26(29,30)31/h4-10,32H,11-17H2,1-3H3. The van der Waals surface area contributed by atoms with Gasteiger partial charge >= 0.3 is 12.1 Å². The number of alkyl halides is 5. The molecule has 0 aliphatic carbocycles. The van der Waals surface area contributed by atoms with Crippen LogP contribution in [0.3, 0.4) is 0 Å². The van der Waals surface area contributed by atoms with Crippen LogP contribution in [-0.2, 0) is 35.3 Å². The lowest BCUT2D eigenvalue weighted by Crippen LogP contribution is -2.44. The molecule has 0 unspecified atom stereocenters. The Morgan fingerprint density at radius 1 is 1.00 bits per heavy atom. The van der Waals surface area contributed by atoms with Crippen LogP contribution >= 0.6 is 0 Å². The molecule has 0 radical (unpaired) electrons. The Kier molecular flexibility index (Phi) is 8.78. The summed E-state index contributed by atoms with van der Waals surface area (Å²) in [6.07, 6.45) is -4.21. The van der Waals surface area contributed by atoms with E-state index in [0.29, 0.717) is 31.1 Å². The molecule has 6 nitrogen and oxygen atoms in total. The lowest BCUT2D eigenvalue weighted by Gasteiger charge is -2.32. The molecule has 0 spiro atoms. The molecule has 37 heavy (non-hydrogen) atoms. The number of amides is 2. The van der Waals surface area contributed by atoms with Crippen molar-refractivity contribution in [3.63, 3.8) is 0 Å². The van der Waals surface area contributed by atoms with Crippen LogP contribution in [0.25, 0.3) is 0 Å². The summed E-state index contributed by atoms with van der Waals surface area (Å²) in [4.78, 5) is 29.5. The van der Waals surface area contributed by atoms with E-state index in [1.54, 1.807) is 18.2 Å². The van der Waals surface area contributed by atoms with Gasteiger partial charge in [-0.1, -0.05) is 30.3 Å². The Labute approximate surface area is 213 Å². The number of hydrogen-bond acceptors (Lipinski definition) is 4. The third kappa shape index (κ3) is 7.41. The number of nitrogens with one attached hydrogen (secondary N) is 1. The van der Waals surface area contributed by atoms with Crippen molar-refractivity contribution in [3.05, 3.63) is 64.7 Å². The number of carbonyl (C=O) groups is 2. The minimum Gasteiger partial charge on any atom is -0.376 e. The molecular formula is C26H31F5N4O2. The molecule has 0 fully saturated rings. The molecule has 0 aromatic heterocycles. The van der Waals surface area contributed by atoms with Gasteiger partial charge in [-0.3, -0.25) is 9.59 Å². The molecule has 1 aliphatic rings. The zero-order valence-corrected chi connectivity index (χ0v) is 21.0. The zero-order valence-electron chi connectivity index (χ0n) is 21.0. The second-order valence-electron chi connectivity index (χ2n) is 9.44. The number of rotatable bonds is 9. The van der Waals surface area contributed by atoms with Gasteiger partial charge in [0, 0.05) is 45.3 Å². The lowest BCUT2D eigenvalue weighted by molar-refractivity contribution is -0.155. The van der Waals surface area contributed by atoms with Crippen LogP contribution in [0.2, 0.25) is 0 Å². The van der Waals surface area contributed by atoms with E-state index in [1.165, 1.54) is 23.1 Å². The summed E-state index contributed by atoms with van der Waals surface area (Å²) in [6.45, 7) is 1.06. The summed E-state index contributed by atoms with van der Waals surface area (Å²) >= 11 is 0. The van der Waals surface area contributed by atoms with E-state index in [9.17, 15) is 31.5 Å². The molecule has 0 saturated heterocycles. The fourth-order valence-corrected chi connectivity index (χ4v) is 4.26. The normalized spacial score (nSPS) is 13.9. The fraction of sp³-hybridized carbons (Fsp3) is 0.462. The SMILES string of the molecule is CN(C)CCN(Cc1ccccc1C(F)(F)F)C(=O)CNc1cccc2c1CCN(C(=O)C(C)(F)F)C2. The molecule has 2 amide bonds. The summed E-state index contributed by atoms with van der Waals surface area (Å²) in [5, 5.41) is 3.07. The van der Waals surface area contributed by atoms with Gasteiger partial charge in [-0.25, -0.2) is 0 Å². The molecular weight excluding hydrogens is 495 g/mol. The second-order valence-corrected chi connectivity index (χ2v) is 9.44. The van der Waals surface area contributed by atoms with Crippen molar-refractivity contribution < 1.29 is 31.5 Å². The molecule has 0 bridgehead atoms. The third-order valence-corrected chi connectivity index (χ3v) is 6.21. The van der Waals surface area contributed by atoms with Gasteiger partial charge in [0.15, 0.2) is 0 Å². The first-order valence-corrected chi connectivity index (χ1v) is 11.9. The van der Waals surface area contributed by atoms with Crippen LogP contribution in [0, 0.1) is 0 Å². The minimum absolute atomic E-state index is 0.0108. The van der Waals surface area contributed by atoms with Gasteiger partial charge in [0.25, 0.3) is 5.91 Å². The molecule has 3 rings (SSSR count). The highest BCUT2D eigenvalue weighted by Gasteiger charge is 2.38. The third-order valence-electron chi connectivity index (χ3n) is 6.21. The van der Waals surface area contributed by atoms with E-state index < -0.39 is 23.6 Å². The molecule has 1 heterocycles. The highest BCUT2D eigenvalue weighted by Crippen LogP contribution is 2.32. The van der Waals surface area contributed by atoms with Gasteiger partial charge in [0.05, 0.1) is 12.1 Å². The Morgan fingerprint density at radius 2 is 1.70 bits per heavy atom. The molecule has 2 aromatic carbocycles. The van der Waals surface area contributed by atoms with Crippen molar-refractivity contribution >= 4 is 17.5 Å². The van der Waals surface area contributed by atoms with Crippen molar-refractivity contribution in [1.29, 1.82) is 0 Å². The van der Waals surface area contributed by atoms with Crippen molar-refractivity contribution in [2.45, 2.75) is 38.5 Å². The maximum atomic E-state index is 13.5. The number of benzene rings is 2. The van der Waals surface area contributed by atoms with E-state index >= 15 is 0 Å². The van der Waals surface area contributed by atoms with Crippen LogP contribution in [0.15, 0.2) is 42.5 Å². The molecule has 11 heteroatoms. The van der Waals surface area contributed by atoms with Gasteiger partial charge < -0.3 is 20.0 Å². The maximum Gasteiger partial charge on any atom is 0.416 e. The number of anilines is 1. The van der Waals surface area contributed by atoms with Crippen LogP contribution in [0.5, 0.6) is 0 Å². The molecule has 1 N–H and O–H groups in total. The number of fused-ring (bicyclic) bond motifs is 1. The number of nitrogens with zero attached hydrogens (tertiary/aromatic N) is 3. The van der Waals surface area contributed by atoms with Gasteiger partial charge in [0.1, 0.15) is 0 Å². The predicted octanol–water partition coefficient (Wildman–Crippen LogP) is 4.25. The van der Waals surface area contributed by atoms with Crippen LogP contribution in [0.1, 0.15) is 29.2 Å². The Balaban J connectivity index is 1.74. The zero-order chi connectivity index (χ0) is 27.4. The van der Waals surface area contributed by atoms with Crippen molar-refractivity contribution in [2.75, 3.05) is 45.6 Å². The summed E-state index contributed by atoms with van der Waals surface area (Å²) in [6, 6.07) is 10.4. The Morgan fingerprint density at radius 3 is 2.35 bits per heavy atom. The van der Waals surface area contributed by atoms with E-state index in [1.807, 2.05) is 19.0 Å². The number of carbonyl (C=O) groups excluding carboxylic acids is 2. The monoisotopic (exact) mass is 526 g/mol. The minimum atomic E-state index is -4.54. The summed E-state index contributed by atoms with van der Waals surface area (Å²) in [5.74, 6) is -5.07. The lowest BCUT2D eigenvalue weighted by atomic mass is 9.97. The summed E-state index contributed by atoms with van der Waals surface area (Å²) < 4.78 is 67.5. The second kappa shape index (κ2) is 11.5. The first-order valence-electron chi connectivity index (χ1n) is 11.9. The number of halogens is 5. The maximum absolute atomic E-state index is 13.5. The molecule has 202 valence electrons. The molecule has 0 saturated carbocycles. The van der Waals surface area contributed by atoms with Gasteiger partial charge in [-0.05, 0) is 49.3 Å². The first-order chi connectivity index (χ1) is 17.3. The van der Waals surface area contributed by atoms with Crippen LogP contribution < -0.4 is 5.32 Å². The van der Waals surface area contributed by atoms with Crippen molar-refractivity contribution in [3.8, 4) is 0 Å². The summed E-state index contributed by atoms with van der Waals surface area (Å²) in [7, 11) is 3.62. The highest BCUT2D eigenvalue weighted by atomic mass is 19.4. The van der Waals surface area contributed by atoms with E-state index in [2.05, 4.69) is 5.32 Å². The smallest absolute Gasteiger partial charge is 0.376 e. The summed E-state index contributed by atoms with van der Waals surface area (Å²) in [5.41, 5.74) is 1.38. The molecule has 1 aliphatic heterocycles. The first kappa shape index (κ1) is 28.4. The highest BCUT2D eigenvalue weighted by molar-refractivity contribution is 5.84. The van der Waals surface area contributed by atoms with E-state index in [4.69, 9.17) is 0 Å². The predicted molar refractivity (Wildman–Crippen MR) is 130 cm³/mol. The van der Waals surface area contributed by atoms with Crippen LogP contribution in [0.4, 0.5) is 27.6 Å². The van der Waals surface area contributed by atoms with E-state index in [0.717, 1.165) is 16.5 Å². The largest absolute Gasteiger partial charge is 0.416 e. The molecule has 2 aromatic rings. The quantitative estimate of drug-likeness (QED) is 0.497. The topological polar surface area (TPSA) is 55.9 Å². The Hall–Kier alpha value is -3.21. The average molecular weight is 527 g/mol. The molecule has 0 atom stereocenters. The average Bonchev–Trinajstić information content (AvgIpc) is 2.83. The van der Waals surface area contributed by atoms with Gasteiger partial charge in [-0.2, -0.15) is 22.0 Å².